The number of aromatic nitrogens is 3. The molecule has 0 radical (unpaired) electrons. The number of nitrogens with zero attached hydrogens (tertiary/aromatic N) is 3. The molecule has 2 aromatic rings. The number of halogens is 1. The summed E-state index contributed by atoms with van der Waals surface area (Å²) in [5, 5.41) is 19.8. The first-order chi connectivity index (χ1) is 16.0. The average molecular weight is 457 g/mol. The molecule has 1 saturated heterocycles. The molecule has 0 unspecified atom stereocenters. The molecule has 0 spiro atoms. The van der Waals surface area contributed by atoms with Crippen molar-refractivity contribution < 1.29 is 13.9 Å². The second kappa shape index (κ2) is 10.4. The summed E-state index contributed by atoms with van der Waals surface area (Å²) >= 11 is 0. The highest BCUT2D eigenvalue weighted by molar-refractivity contribution is 6.00. The summed E-state index contributed by atoms with van der Waals surface area (Å²) in [5.41, 5.74) is 3.88. The Morgan fingerprint density at radius 3 is 2.79 bits per heavy atom. The molecule has 1 fully saturated rings. The summed E-state index contributed by atoms with van der Waals surface area (Å²) in [5.74, 6) is 0.00282. The van der Waals surface area contributed by atoms with Crippen LogP contribution in [0.4, 0.5) is 4.39 Å². The van der Waals surface area contributed by atoms with Gasteiger partial charge in [0, 0.05) is 54.8 Å². The molecule has 2 aromatic heterocycles. The van der Waals surface area contributed by atoms with Gasteiger partial charge in [-0.3, -0.25) is 0 Å². The molecule has 8 nitrogen and oxygen atoms in total. The van der Waals surface area contributed by atoms with Gasteiger partial charge >= 0.3 is 0 Å². The van der Waals surface area contributed by atoms with Gasteiger partial charge in [-0.05, 0) is 45.1 Å². The van der Waals surface area contributed by atoms with E-state index in [4.69, 9.17) is 20.0 Å². The van der Waals surface area contributed by atoms with Crippen LogP contribution in [0.5, 0.6) is 5.88 Å². The molecule has 0 aliphatic carbocycles. The van der Waals surface area contributed by atoms with E-state index < -0.39 is 5.82 Å². The van der Waals surface area contributed by atoms with E-state index in [1.165, 1.54) is 19.4 Å². The van der Waals surface area contributed by atoms with Gasteiger partial charge in [-0.1, -0.05) is 0 Å². The van der Waals surface area contributed by atoms with Gasteiger partial charge in [0.2, 0.25) is 5.88 Å². The highest BCUT2D eigenvalue weighted by Crippen LogP contribution is 2.31. The summed E-state index contributed by atoms with van der Waals surface area (Å²) in [6, 6.07) is 2.42. The van der Waals surface area contributed by atoms with Crippen molar-refractivity contribution in [3.8, 4) is 17.1 Å². The lowest BCUT2D eigenvalue weighted by Gasteiger charge is -2.32. The Labute approximate surface area is 194 Å². The van der Waals surface area contributed by atoms with Crippen LogP contribution in [0.25, 0.3) is 17.0 Å². The smallest absolute Gasteiger partial charge is 0.250 e. The lowest BCUT2D eigenvalue weighted by molar-refractivity contribution is 0.145. The van der Waals surface area contributed by atoms with Gasteiger partial charge in [0.1, 0.15) is 0 Å². The molecule has 0 amide bonds. The van der Waals surface area contributed by atoms with Crippen LogP contribution in [0.1, 0.15) is 37.9 Å². The van der Waals surface area contributed by atoms with Gasteiger partial charge in [0.05, 0.1) is 37.4 Å². The molecule has 9 heteroatoms. The molecule has 33 heavy (non-hydrogen) atoms. The topological polar surface area (TPSA) is 97.1 Å². The maximum absolute atomic E-state index is 14.4. The van der Waals surface area contributed by atoms with Crippen molar-refractivity contribution in [1.82, 2.24) is 25.4 Å². The number of methoxy groups -OCH3 is 1. The minimum absolute atomic E-state index is 0.0431. The number of fused-ring (bicyclic) bond motifs is 1. The minimum Gasteiger partial charge on any atom is -0.479 e. The molecule has 2 aliphatic heterocycles. The second-order valence-electron chi connectivity index (χ2n) is 8.94. The fourth-order valence-electron chi connectivity index (χ4n) is 4.98. The summed E-state index contributed by atoms with van der Waals surface area (Å²) in [6.45, 7) is 6.45. The Morgan fingerprint density at radius 1 is 1.33 bits per heavy atom. The maximum atomic E-state index is 14.4. The average Bonchev–Trinajstić information content (AvgIpc) is 2.97. The summed E-state index contributed by atoms with van der Waals surface area (Å²) < 4.78 is 26.8. The summed E-state index contributed by atoms with van der Waals surface area (Å²) in [6.07, 6.45) is 8.33. The van der Waals surface area contributed by atoms with Crippen LogP contribution in [0, 0.1) is 17.1 Å². The largest absolute Gasteiger partial charge is 0.479 e. The lowest BCUT2D eigenvalue weighted by Crippen LogP contribution is -2.44. The third-order valence-electron chi connectivity index (χ3n) is 6.34. The zero-order valence-corrected chi connectivity index (χ0v) is 19.5. The Morgan fingerprint density at radius 2 is 2.09 bits per heavy atom. The first kappa shape index (κ1) is 23.4. The molecule has 3 atom stereocenters. The Bertz CT molecular complexity index is 1010. The van der Waals surface area contributed by atoms with Crippen molar-refractivity contribution in [2.45, 2.75) is 51.6 Å². The van der Waals surface area contributed by atoms with Crippen LogP contribution in [-0.4, -0.2) is 59.9 Å². The predicted molar refractivity (Wildman–Crippen MR) is 126 cm³/mol. The zero-order chi connectivity index (χ0) is 23.4. The first-order valence-corrected chi connectivity index (χ1v) is 11.6. The summed E-state index contributed by atoms with van der Waals surface area (Å²) in [7, 11) is 1.39. The van der Waals surface area contributed by atoms with Crippen molar-refractivity contribution in [3.63, 3.8) is 0 Å². The normalized spacial score (nSPS) is 23.5. The van der Waals surface area contributed by atoms with Gasteiger partial charge in [-0.25, -0.2) is 14.1 Å². The number of allylic oxidation sites excluding steroid dienone is 1. The van der Waals surface area contributed by atoms with Crippen molar-refractivity contribution >= 4 is 11.9 Å². The predicted octanol–water partition coefficient (Wildman–Crippen LogP) is 3.02. The Hall–Kier alpha value is -2.78. The van der Waals surface area contributed by atoms with Crippen molar-refractivity contribution in [3.05, 3.63) is 35.5 Å². The van der Waals surface area contributed by atoms with E-state index >= 15 is 0 Å². The molecule has 4 heterocycles. The van der Waals surface area contributed by atoms with E-state index in [9.17, 15) is 4.39 Å². The standard InChI is InChI=1S/C24H33FN6O2/c1-15-8-17(9-16(2)29-15)12-27-14-19(11-26)31-22-5-7-33-6-4-20(22)23(30-31)18-10-21(25)24(32-3)28-13-18/h10-11,13-17,26-27,29H,4-9,12H2,1-3H3/b19-14+,26-11?/t15-,16+,17+. The third kappa shape index (κ3) is 5.25. The number of nitrogens with one attached hydrogen (secondary N) is 3. The zero-order valence-electron chi connectivity index (χ0n) is 19.5. The first-order valence-electron chi connectivity index (χ1n) is 11.6. The van der Waals surface area contributed by atoms with E-state index in [0.717, 1.165) is 30.6 Å². The van der Waals surface area contributed by atoms with Gasteiger partial charge in [-0.15, -0.1) is 0 Å². The Kier molecular flexibility index (Phi) is 7.39. The molecule has 2 aliphatic rings. The molecule has 0 bridgehead atoms. The molecule has 0 aromatic carbocycles. The van der Waals surface area contributed by atoms with E-state index in [1.54, 1.807) is 10.9 Å². The third-order valence-corrected chi connectivity index (χ3v) is 6.34. The second-order valence-corrected chi connectivity index (χ2v) is 8.94. The van der Waals surface area contributed by atoms with Crippen LogP contribution in [0.15, 0.2) is 18.5 Å². The van der Waals surface area contributed by atoms with Crippen LogP contribution >= 0.6 is 0 Å². The monoisotopic (exact) mass is 456 g/mol. The van der Waals surface area contributed by atoms with Crippen molar-refractivity contribution in [2.75, 3.05) is 26.9 Å². The molecular weight excluding hydrogens is 423 g/mol. The number of hydrogen-bond donors (Lipinski definition) is 3. The fraction of sp³-hybridized carbons (Fsp3) is 0.542. The lowest BCUT2D eigenvalue weighted by atomic mass is 9.89. The summed E-state index contributed by atoms with van der Waals surface area (Å²) in [4.78, 5) is 4.08. The van der Waals surface area contributed by atoms with Gasteiger partial charge in [-0.2, -0.15) is 5.10 Å². The van der Waals surface area contributed by atoms with Crippen LogP contribution in [-0.2, 0) is 17.6 Å². The van der Waals surface area contributed by atoms with Crippen LogP contribution in [0.2, 0.25) is 0 Å². The molecule has 4 rings (SSSR count). The molecule has 178 valence electrons. The van der Waals surface area contributed by atoms with E-state index in [-0.39, 0.29) is 5.88 Å². The van der Waals surface area contributed by atoms with E-state index in [1.807, 2.05) is 6.20 Å². The Balaban J connectivity index is 1.62. The number of rotatable bonds is 7. The van der Waals surface area contributed by atoms with Gasteiger partial charge < -0.3 is 25.5 Å². The van der Waals surface area contributed by atoms with Crippen molar-refractivity contribution in [2.24, 2.45) is 5.92 Å². The highest BCUT2D eigenvalue weighted by atomic mass is 19.1. The van der Waals surface area contributed by atoms with E-state index in [0.29, 0.717) is 61.0 Å². The number of ether oxygens (including phenoxy) is 2. The number of piperidine rings is 1. The fourth-order valence-corrected chi connectivity index (χ4v) is 4.98. The van der Waals surface area contributed by atoms with Crippen LogP contribution in [0.3, 0.4) is 0 Å². The quantitative estimate of drug-likeness (QED) is 0.554. The number of pyridine rings is 1. The van der Waals surface area contributed by atoms with Gasteiger partial charge in [0.15, 0.2) is 5.82 Å². The van der Waals surface area contributed by atoms with E-state index in [2.05, 4.69) is 29.5 Å². The van der Waals surface area contributed by atoms with Crippen molar-refractivity contribution in [1.29, 1.82) is 5.41 Å². The molecule has 0 saturated carbocycles. The minimum atomic E-state index is -0.530. The SMILES string of the molecule is COc1ncc(-c2nn(/C(C=N)=C/NC[C@H]3C[C@@H](C)N[C@@H](C)C3)c3c2CCOCC3)cc1F. The molecule has 3 N–H and O–H groups in total. The number of hydrogen-bond acceptors (Lipinski definition) is 7. The van der Waals surface area contributed by atoms with Gasteiger partial charge in [0.25, 0.3) is 0 Å². The maximum Gasteiger partial charge on any atom is 0.250 e. The van der Waals surface area contributed by atoms with Crippen LogP contribution < -0.4 is 15.4 Å². The highest BCUT2D eigenvalue weighted by Gasteiger charge is 2.24. The molecular formula is C24H33FN6O2.